The molecule has 0 saturated carbocycles. The lowest BCUT2D eigenvalue weighted by Crippen LogP contribution is -2.24. The zero-order chi connectivity index (χ0) is 16.8. The van der Waals surface area contributed by atoms with Crippen LogP contribution in [-0.4, -0.2) is 27.5 Å². The average molecular weight is 388 g/mol. The number of ether oxygens (including phenoxy) is 1. The molecule has 2 aromatic rings. The number of alkyl halides is 1. The first-order valence-corrected chi connectivity index (χ1v) is 9.18. The Morgan fingerprint density at radius 2 is 2.09 bits per heavy atom. The molecule has 0 aliphatic carbocycles. The molecule has 0 aliphatic heterocycles. The van der Waals surface area contributed by atoms with Gasteiger partial charge < -0.3 is 4.74 Å². The molecule has 23 heavy (non-hydrogen) atoms. The number of rotatable bonds is 6. The van der Waals surface area contributed by atoms with E-state index in [9.17, 15) is 4.79 Å². The van der Waals surface area contributed by atoms with Gasteiger partial charge >= 0.3 is 0 Å². The Morgan fingerprint density at radius 1 is 1.35 bits per heavy atom. The average Bonchev–Trinajstić information content (AvgIpc) is 2.55. The van der Waals surface area contributed by atoms with Gasteiger partial charge in [-0.1, -0.05) is 36.0 Å². The number of hydrogen-bond donors (Lipinski definition) is 0. The van der Waals surface area contributed by atoms with Crippen molar-refractivity contribution >= 4 is 51.4 Å². The summed E-state index contributed by atoms with van der Waals surface area (Å²) in [7, 11) is 1.56. The van der Waals surface area contributed by atoms with E-state index in [1.807, 2.05) is 18.2 Å². The minimum Gasteiger partial charge on any atom is -0.495 e. The van der Waals surface area contributed by atoms with Crippen LogP contribution in [0.5, 0.6) is 5.75 Å². The van der Waals surface area contributed by atoms with Crippen molar-refractivity contribution in [2.45, 2.75) is 6.42 Å². The van der Waals surface area contributed by atoms with Gasteiger partial charge in [-0.25, -0.2) is 0 Å². The van der Waals surface area contributed by atoms with Gasteiger partial charge in [0.1, 0.15) is 5.75 Å². The van der Waals surface area contributed by atoms with Crippen LogP contribution < -0.4 is 10.3 Å². The van der Waals surface area contributed by atoms with Crippen LogP contribution in [0.1, 0.15) is 12.0 Å². The Labute approximate surface area is 154 Å². The Hall–Kier alpha value is -1.01. The van der Waals surface area contributed by atoms with Crippen molar-refractivity contribution < 1.29 is 4.74 Å². The molecule has 1 aromatic heterocycles. The third-order valence-electron chi connectivity index (χ3n) is 3.10. The zero-order valence-electron chi connectivity index (χ0n) is 12.4. The number of aromatic nitrogens is 1. The van der Waals surface area contributed by atoms with Crippen molar-refractivity contribution in [3.8, 4) is 11.4 Å². The fourth-order valence-corrected chi connectivity index (χ4v) is 3.91. The molecule has 122 valence electrons. The maximum atomic E-state index is 12.8. The molecule has 0 bridgehead atoms. The van der Waals surface area contributed by atoms with E-state index < -0.39 is 0 Å². The monoisotopic (exact) mass is 387 g/mol. The van der Waals surface area contributed by atoms with Crippen molar-refractivity contribution in [2.75, 3.05) is 18.7 Å². The predicted molar refractivity (Wildman–Crippen MR) is 103 cm³/mol. The highest BCUT2D eigenvalue weighted by Crippen LogP contribution is 2.24. The van der Waals surface area contributed by atoms with Gasteiger partial charge in [-0.3, -0.25) is 9.36 Å². The van der Waals surface area contributed by atoms with E-state index in [0.29, 0.717) is 32.1 Å². The number of hydrogen-bond acceptors (Lipinski definition) is 4. The predicted octanol–water partition coefficient (Wildman–Crippen LogP) is 4.54. The van der Waals surface area contributed by atoms with Crippen LogP contribution in [0.15, 0.2) is 41.3 Å². The highest BCUT2D eigenvalue weighted by atomic mass is 35.5. The molecule has 1 heterocycles. The summed E-state index contributed by atoms with van der Waals surface area (Å²) in [6.07, 6.45) is 2.44. The van der Waals surface area contributed by atoms with Crippen molar-refractivity contribution in [1.29, 1.82) is 0 Å². The second-order valence-electron chi connectivity index (χ2n) is 4.56. The molecule has 0 atom stereocenters. The number of methoxy groups -OCH3 is 1. The summed E-state index contributed by atoms with van der Waals surface area (Å²) in [5.41, 5.74) is 0.728. The molecule has 0 aliphatic rings. The van der Waals surface area contributed by atoms with Crippen LogP contribution in [0.25, 0.3) is 5.69 Å². The highest BCUT2D eigenvalue weighted by Gasteiger charge is 2.16. The molecule has 0 N–H and O–H groups in total. The summed E-state index contributed by atoms with van der Waals surface area (Å²) in [5.74, 6) is 1.91. The minimum atomic E-state index is -0.259. The molecule has 3 nitrogen and oxygen atoms in total. The number of thiocarbonyl (C=S) groups is 1. The third-order valence-corrected chi connectivity index (χ3v) is 5.20. The smallest absolute Gasteiger partial charge is 0.265 e. The summed E-state index contributed by atoms with van der Waals surface area (Å²) in [6.45, 7) is 0. The first-order chi connectivity index (χ1) is 11.1. The Bertz CT molecular complexity index is 762. The number of pyridine rings is 1. The molecule has 2 rings (SSSR count). The Kier molecular flexibility index (Phi) is 6.96. The normalized spacial score (nSPS) is 10.6. The quantitative estimate of drug-likeness (QED) is 0.413. The summed E-state index contributed by atoms with van der Waals surface area (Å²) in [6, 6.07) is 8.95. The number of benzene rings is 1. The van der Waals surface area contributed by atoms with E-state index in [2.05, 4.69) is 0 Å². The van der Waals surface area contributed by atoms with Gasteiger partial charge in [0, 0.05) is 12.1 Å². The van der Waals surface area contributed by atoms with E-state index in [4.69, 9.17) is 40.2 Å². The van der Waals surface area contributed by atoms with Crippen molar-refractivity contribution in [3.63, 3.8) is 0 Å². The fraction of sp³-hybridized carbons (Fsp3) is 0.250. The molecule has 0 radical (unpaired) electrons. The SMILES string of the molecule is COc1ccccc1-n1ccc(Cl)c(C(=S)SCCCCl)c1=O. The molecular formula is C16H15Cl2NO2S2. The molecule has 0 spiro atoms. The van der Waals surface area contributed by atoms with Gasteiger partial charge in [-0.2, -0.15) is 0 Å². The maximum Gasteiger partial charge on any atom is 0.265 e. The largest absolute Gasteiger partial charge is 0.495 e. The van der Waals surface area contributed by atoms with Gasteiger partial charge in [-0.15, -0.1) is 23.4 Å². The van der Waals surface area contributed by atoms with Gasteiger partial charge in [0.2, 0.25) is 0 Å². The zero-order valence-corrected chi connectivity index (χ0v) is 15.6. The fourth-order valence-electron chi connectivity index (χ4n) is 2.01. The van der Waals surface area contributed by atoms with Crippen molar-refractivity contribution in [1.82, 2.24) is 4.57 Å². The second kappa shape index (κ2) is 8.73. The molecule has 0 amide bonds. The molecule has 1 aromatic carbocycles. The number of halogens is 2. The lowest BCUT2D eigenvalue weighted by Gasteiger charge is -2.13. The first kappa shape index (κ1) is 18.3. The summed E-state index contributed by atoms with van der Waals surface area (Å²) in [5, 5.41) is 0.351. The molecular weight excluding hydrogens is 373 g/mol. The molecule has 0 saturated heterocycles. The topological polar surface area (TPSA) is 31.2 Å². The minimum absolute atomic E-state index is 0.259. The van der Waals surface area contributed by atoms with E-state index in [1.54, 1.807) is 25.4 Å². The van der Waals surface area contributed by atoms with Gasteiger partial charge in [0.25, 0.3) is 5.56 Å². The van der Waals surface area contributed by atoms with Crippen molar-refractivity contribution in [2.24, 2.45) is 0 Å². The molecule has 0 fully saturated rings. The summed E-state index contributed by atoms with van der Waals surface area (Å²) >= 11 is 18.7. The standard InChI is InChI=1S/C16H15Cl2NO2S2/c1-21-13-6-3-2-5-12(13)19-9-7-11(18)14(15(19)20)16(22)23-10-4-8-17/h2-3,5-7,9H,4,8,10H2,1H3. The van der Waals surface area contributed by atoms with Crippen LogP contribution in [0, 0.1) is 0 Å². The lowest BCUT2D eigenvalue weighted by molar-refractivity contribution is 0.412. The van der Waals surface area contributed by atoms with Crippen molar-refractivity contribution in [3.05, 3.63) is 57.5 Å². The van der Waals surface area contributed by atoms with Gasteiger partial charge in [-0.05, 0) is 30.4 Å². The first-order valence-electron chi connectivity index (χ1n) is 6.87. The Morgan fingerprint density at radius 3 is 2.78 bits per heavy atom. The van der Waals surface area contributed by atoms with E-state index in [0.717, 1.165) is 12.2 Å². The number of para-hydroxylation sites is 2. The molecule has 7 heteroatoms. The summed E-state index contributed by atoms with van der Waals surface area (Å²) in [4.78, 5) is 12.8. The third kappa shape index (κ3) is 4.29. The van der Waals surface area contributed by atoms with Crippen LogP contribution in [0.3, 0.4) is 0 Å². The number of thioether (sulfide) groups is 1. The van der Waals surface area contributed by atoms with Crippen LogP contribution in [-0.2, 0) is 0 Å². The summed E-state index contributed by atoms with van der Waals surface area (Å²) < 4.78 is 7.29. The van der Waals surface area contributed by atoms with Gasteiger partial charge in [0.15, 0.2) is 0 Å². The van der Waals surface area contributed by atoms with Crippen LogP contribution in [0.2, 0.25) is 5.02 Å². The van der Waals surface area contributed by atoms with E-state index in [-0.39, 0.29) is 5.56 Å². The van der Waals surface area contributed by atoms with Crippen LogP contribution in [0.4, 0.5) is 0 Å². The second-order valence-corrected chi connectivity index (χ2v) is 7.12. The van der Waals surface area contributed by atoms with Gasteiger partial charge in [0.05, 0.1) is 27.6 Å². The molecule has 0 unspecified atom stereocenters. The van der Waals surface area contributed by atoms with Crippen LogP contribution >= 0.6 is 47.2 Å². The Balaban J connectivity index is 2.47. The van der Waals surface area contributed by atoms with E-state index in [1.165, 1.54) is 16.3 Å². The van der Waals surface area contributed by atoms with E-state index >= 15 is 0 Å². The lowest BCUT2D eigenvalue weighted by atomic mass is 10.2. The highest BCUT2D eigenvalue weighted by molar-refractivity contribution is 8.23. The maximum absolute atomic E-state index is 12.8. The number of nitrogens with zero attached hydrogens (tertiary/aromatic N) is 1.